The molecule has 1 aliphatic carbocycles. The third-order valence-electron chi connectivity index (χ3n) is 4.01. The zero-order valence-electron chi connectivity index (χ0n) is 13.0. The Balaban J connectivity index is 1.68. The van der Waals surface area contributed by atoms with Crippen LogP contribution in [0, 0.1) is 11.3 Å². The Bertz CT molecular complexity index is 685. The second-order valence-electron chi connectivity index (χ2n) is 5.82. The van der Waals surface area contributed by atoms with Crippen LogP contribution < -0.4 is 10.6 Å². The van der Waals surface area contributed by atoms with E-state index in [2.05, 4.69) is 31.9 Å². The van der Waals surface area contributed by atoms with Crippen LogP contribution in [0.25, 0.3) is 0 Å². The smallest absolute Gasteiger partial charge is 0.244 e. The number of anilines is 3. The average Bonchev–Trinajstić information content (AvgIpc) is 2.84. The Kier molecular flexibility index (Phi) is 4.99. The molecule has 1 fully saturated rings. The normalized spacial score (nSPS) is 15.4. The van der Waals surface area contributed by atoms with Crippen molar-refractivity contribution >= 4 is 17.5 Å². The van der Waals surface area contributed by atoms with Crippen LogP contribution in [-0.2, 0) is 0 Å². The number of hydrogen-bond donors (Lipinski definition) is 2. The highest BCUT2D eigenvalue weighted by molar-refractivity contribution is 5.58. The molecule has 0 spiro atoms. The van der Waals surface area contributed by atoms with Gasteiger partial charge in [-0.15, -0.1) is 5.10 Å². The fourth-order valence-electron chi connectivity index (χ4n) is 2.85. The third kappa shape index (κ3) is 4.39. The fourth-order valence-corrected chi connectivity index (χ4v) is 2.85. The molecule has 0 saturated heterocycles. The monoisotopic (exact) mass is 308 g/mol. The van der Waals surface area contributed by atoms with Gasteiger partial charge in [-0.2, -0.15) is 15.3 Å². The molecule has 0 unspecified atom stereocenters. The van der Waals surface area contributed by atoms with Gasteiger partial charge in [0.05, 0.1) is 17.8 Å². The van der Waals surface area contributed by atoms with E-state index in [0.29, 0.717) is 23.4 Å². The summed E-state index contributed by atoms with van der Waals surface area (Å²) in [4.78, 5) is 4.47. The molecule has 23 heavy (non-hydrogen) atoms. The van der Waals surface area contributed by atoms with Crippen molar-refractivity contribution in [3.05, 3.63) is 36.0 Å². The van der Waals surface area contributed by atoms with Crippen LogP contribution in [0.2, 0.25) is 0 Å². The van der Waals surface area contributed by atoms with Gasteiger partial charge < -0.3 is 10.6 Å². The van der Waals surface area contributed by atoms with Gasteiger partial charge in [0.25, 0.3) is 0 Å². The van der Waals surface area contributed by atoms with E-state index in [1.807, 2.05) is 12.1 Å². The summed E-state index contributed by atoms with van der Waals surface area (Å²) in [5.74, 6) is 1.17. The summed E-state index contributed by atoms with van der Waals surface area (Å²) in [7, 11) is 0. The lowest BCUT2D eigenvalue weighted by Gasteiger charge is -2.16. The van der Waals surface area contributed by atoms with Gasteiger partial charge in [-0.05, 0) is 31.0 Å². The topological polar surface area (TPSA) is 86.5 Å². The Morgan fingerprint density at radius 1 is 1.13 bits per heavy atom. The summed E-state index contributed by atoms with van der Waals surface area (Å²) < 4.78 is 0. The fraction of sp³-hybridized carbons (Fsp3) is 0.412. The first-order chi connectivity index (χ1) is 11.3. The van der Waals surface area contributed by atoms with Gasteiger partial charge in [0.2, 0.25) is 5.95 Å². The van der Waals surface area contributed by atoms with Crippen molar-refractivity contribution < 1.29 is 0 Å². The lowest BCUT2D eigenvalue weighted by atomic mass is 10.1. The lowest BCUT2D eigenvalue weighted by Crippen LogP contribution is -2.20. The maximum absolute atomic E-state index is 8.95. The van der Waals surface area contributed by atoms with Gasteiger partial charge >= 0.3 is 0 Å². The van der Waals surface area contributed by atoms with Crippen molar-refractivity contribution in [2.75, 3.05) is 10.6 Å². The van der Waals surface area contributed by atoms with Gasteiger partial charge in [-0.25, -0.2) is 0 Å². The zero-order chi connectivity index (χ0) is 15.9. The highest BCUT2D eigenvalue weighted by Gasteiger charge is 2.13. The minimum absolute atomic E-state index is 0.427. The second kappa shape index (κ2) is 7.54. The Labute approximate surface area is 136 Å². The SMILES string of the molecule is N#Cc1cccc(Nc2cnnc(NC3CCCCCC3)n2)c1. The summed E-state index contributed by atoms with van der Waals surface area (Å²) in [6, 6.07) is 9.82. The molecule has 0 radical (unpaired) electrons. The Hall–Kier alpha value is -2.68. The molecule has 0 atom stereocenters. The predicted octanol–water partition coefficient (Wildman–Crippen LogP) is 3.62. The second-order valence-corrected chi connectivity index (χ2v) is 5.82. The number of benzene rings is 1. The highest BCUT2D eigenvalue weighted by Crippen LogP contribution is 2.20. The van der Waals surface area contributed by atoms with E-state index in [1.165, 1.54) is 25.7 Å². The molecule has 1 aliphatic rings. The van der Waals surface area contributed by atoms with Crippen molar-refractivity contribution in [3.63, 3.8) is 0 Å². The van der Waals surface area contributed by atoms with Crippen molar-refractivity contribution in [3.8, 4) is 6.07 Å². The zero-order valence-corrected chi connectivity index (χ0v) is 13.0. The van der Waals surface area contributed by atoms with Crippen LogP contribution in [0.5, 0.6) is 0 Å². The van der Waals surface area contributed by atoms with Gasteiger partial charge in [0, 0.05) is 11.7 Å². The van der Waals surface area contributed by atoms with Crippen LogP contribution in [0.1, 0.15) is 44.1 Å². The largest absolute Gasteiger partial charge is 0.350 e. The Morgan fingerprint density at radius 2 is 1.96 bits per heavy atom. The van der Waals surface area contributed by atoms with E-state index >= 15 is 0 Å². The Morgan fingerprint density at radius 3 is 2.74 bits per heavy atom. The maximum Gasteiger partial charge on any atom is 0.244 e. The minimum atomic E-state index is 0.427. The molecule has 1 aromatic carbocycles. The van der Waals surface area contributed by atoms with Gasteiger partial charge in [0.1, 0.15) is 0 Å². The lowest BCUT2D eigenvalue weighted by molar-refractivity contribution is 0.613. The van der Waals surface area contributed by atoms with Crippen LogP contribution in [0.15, 0.2) is 30.5 Å². The molecule has 1 saturated carbocycles. The molecule has 0 amide bonds. The number of hydrogen-bond acceptors (Lipinski definition) is 6. The van der Waals surface area contributed by atoms with E-state index in [-0.39, 0.29) is 0 Å². The summed E-state index contributed by atoms with van der Waals surface area (Å²) in [6.45, 7) is 0. The van der Waals surface area contributed by atoms with E-state index in [0.717, 1.165) is 18.5 Å². The molecule has 6 nitrogen and oxygen atoms in total. The maximum atomic E-state index is 8.95. The van der Waals surface area contributed by atoms with Crippen LogP contribution in [0.3, 0.4) is 0 Å². The average molecular weight is 308 g/mol. The molecule has 1 heterocycles. The molecular weight excluding hydrogens is 288 g/mol. The third-order valence-corrected chi connectivity index (χ3v) is 4.01. The highest BCUT2D eigenvalue weighted by atomic mass is 15.3. The summed E-state index contributed by atoms with van der Waals surface area (Å²) in [6.07, 6.45) is 9.03. The first-order valence-electron chi connectivity index (χ1n) is 8.07. The van der Waals surface area contributed by atoms with E-state index in [4.69, 9.17) is 5.26 Å². The predicted molar refractivity (Wildman–Crippen MR) is 89.4 cm³/mol. The number of nitrogens with zero attached hydrogens (tertiary/aromatic N) is 4. The summed E-state index contributed by atoms with van der Waals surface area (Å²) in [5, 5.41) is 23.6. The van der Waals surface area contributed by atoms with Crippen molar-refractivity contribution in [1.82, 2.24) is 15.2 Å². The first kappa shape index (κ1) is 15.2. The summed E-state index contributed by atoms with van der Waals surface area (Å²) in [5.41, 5.74) is 1.42. The molecule has 118 valence electrons. The molecule has 1 aromatic heterocycles. The molecule has 6 heteroatoms. The van der Waals surface area contributed by atoms with Crippen LogP contribution in [-0.4, -0.2) is 21.2 Å². The number of nitrogens with one attached hydrogen (secondary N) is 2. The molecule has 3 rings (SSSR count). The van der Waals surface area contributed by atoms with Crippen LogP contribution in [0.4, 0.5) is 17.5 Å². The van der Waals surface area contributed by atoms with E-state index < -0.39 is 0 Å². The quantitative estimate of drug-likeness (QED) is 0.839. The van der Waals surface area contributed by atoms with Gasteiger partial charge in [0.15, 0.2) is 5.82 Å². The standard InChI is InChI=1S/C17H20N6/c18-11-13-6-5-9-15(10-13)20-16-12-19-23-17(22-16)21-14-7-3-1-2-4-8-14/h5-6,9-10,12,14H,1-4,7-8H2,(H2,20,21,22,23). The van der Waals surface area contributed by atoms with Crippen molar-refractivity contribution in [1.29, 1.82) is 5.26 Å². The van der Waals surface area contributed by atoms with Crippen molar-refractivity contribution in [2.45, 2.75) is 44.6 Å². The molecule has 0 bridgehead atoms. The molecular formula is C17H20N6. The minimum Gasteiger partial charge on any atom is -0.350 e. The summed E-state index contributed by atoms with van der Waals surface area (Å²) >= 11 is 0. The van der Waals surface area contributed by atoms with Crippen LogP contribution >= 0.6 is 0 Å². The molecule has 2 aromatic rings. The van der Waals surface area contributed by atoms with E-state index in [9.17, 15) is 0 Å². The molecule has 0 aliphatic heterocycles. The molecule has 2 N–H and O–H groups in total. The van der Waals surface area contributed by atoms with E-state index in [1.54, 1.807) is 18.3 Å². The number of aromatic nitrogens is 3. The van der Waals surface area contributed by atoms with Crippen molar-refractivity contribution in [2.24, 2.45) is 0 Å². The van der Waals surface area contributed by atoms with Gasteiger partial charge in [-0.3, -0.25) is 0 Å². The number of nitriles is 1. The number of rotatable bonds is 4. The van der Waals surface area contributed by atoms with Gasteiger partial charge in [-0.1, -0.05) is 31.7 Å². The first-order valence-corrected chi connectivity index (χ1v) is 8.07.